The van der Waals surface area contributed by atoms with Crippen LogP contribution in [0.4, 0.5) is 19.1 Å². The molecule has 2 aromatic heterocycles. The number of aromatic nitrogens is 3. The van der Waals surface area contributed by atoms with Crippen molar-refractivity contribution in [2.45, 2.75) is 26.1 Å². The number of halogens is 3. The van der Waals surface area contributed by atoms with Crippen LogP contribution in [0, 0.1) is 0 Å². The molecule has 0 saturated heterocycles. The summed E-state index contributed by atoms with van der Waals surface area (Å²) in [5.41, 5.74) is 0.478. The second-order valence-corrected chi connectivity index (χ2v) is 5.82. The van der Waals surface area contributed by atoms with Crippen LogP contribution in [0.5, 0.6) is 11.6 Å². The van der Waals surface area contributed by atoms with Gasteiger partial charge in [0.25, 0.3) is 11.8 Å². The van der Waals surface area contributed by atoms with Gasteiger partial charge in [0.15, 0.2) is 12.4 Å². The van der Waals surface area contributed by atoms with E-state index in [2.05, 4.69) is 30.3 Å². The Morgan fingerprint density at radius 1 is 1.28 bits per heavy atom. The number of methoxy groups -OCH3 is 1. The first-order valence-electron chi connectivity index (χ1n) is 8.24. The third-order valence-corrected chi connectivity index (χ3v) is 3.46. The van der Waals surface area contributed by atoms with Crippen LogP contribution >= 0.6 is 0 Å². The lowest BCUT2D eigenvalue weighted by molar-refractivity contribution is -0.154. The minimum Gasteiger partial charge on any atom is -0.491 e. The van der Waals surface area contributed by atoms with E-state index < -0.39 is 24.7 Å². The molecule has 1 atom stereocenters. The number of nitrogens with one attached hydrogen (secondary N) is 2. The van der Waals surface area contributed by atoms with Crippen molar-refractivity contribution in [3.05, 3.63) is 35.8 Å². The Morgan fingerprint density at radius 2 is 2.00 bits per heavy atom. The SMILES string of the molecule is COc1cc(C(C)NC(=O)c2ccnc(NC(C)=O)n2)cnc1OCC(F)(F)F. The first-order valence-corrected chi connectivity index (χ1v) is 8.24. The fourth-order valence-electron chi connectivity index (χ4n) is 2.15. The predicted octanol–water partition coefficient (Wildman–Crippen LogP) is 2.27. The molecule has 156 valence electrons. The summed E-state index contributed by atoms with van der Waals surface area (Å²) in [5.74, 6) is -1.29. The maximum absolute atomic E-state index is 12.4. The fourth-order valence-corrected chi connectivity index (χ4v) is 2.15. The summed E-state index contributed by atoms with van der Waals surface area (Å²) in [5, 5.41) is 5.03. The molecule has 9 nitrogen and oxygen atoms in total. The van der Waals surface area contributed by atoms with E-state index >= 15 is 0 Å². The molecule has 2 rings (SSSR count). The lowest BCUT2D eigenvalue weighted by Gasteiger charge is -2.17. The van der Waals surface area contributed by atoms with Crippen LogP contribution in [0.3, 0.4) is 0 Å². The molecule has 0 aliphatic rings. The van der Waals surface area contributed by atoms with Gasteiger partial charge in [-0.05, 0) is 24.6 Å². The quantitative estimate of drug-likeness (QED) is 0.715. The number of amides is 2. The van der Waals surface area contributed by atoms with Gasteiger partial charge in [0.05, 0.1) is 13.2 Å². The molecule has 29 heavy (non-hydrogen) atoms. The highest BCUT2D eigenvalue weighted by molar-refractivity contribution is 5.93. The van der Waals surface area contributed by atoms with Crippen molar-refractivity contribution in [1.82, 2.24) is 20.3 Å². The normalized spacial score (nSPS) is 12.1. The lowest BCUT2D eigenvalue weighted by Crippen LogP contribution is -2.28. The van der Waals surface area contributed by atoms with E-state index in [0.717, 1.165) is 0 Å². The summed E-state index contributed by atoms with van der Waals surface area (Å²) in [4.78, 5) is 35.0. The van der Waals surface area contributed by atoms with Crippen molar-refractivity contribution in [3.63, 3.8) is 0 Å². The summed E-state index contributed by atoms with van der Waals surface area (Å²) >= 11 is 0. The van der Waals surface area contributed by atoms with Crippen LogP contribution in [0.25, 0.3) is 0 Å². The van der Waals surface area contributed by atoms with Crippen LogP contribution in [0.1, 0.15) is 35.9 Å². The number of pyridine rings is 1. The molecule has 12 heteroatoms. The van der Waals surface area contributed by atoms with Crippen molar-refractivity contribution in [2.24, 2.45) is 0 Å². The fraction of sp³-hybridized carbons (Fsp3) is 0.353. The van der Waals surface area contributed by atoms with Crippen molar-refractivity contribution in [1.29, 1.82) is 0 Å². The Morgan fingerprint density at radius 3 is 2.62 bits per heavy atom. The maximum Gasteiger partial charge on any atom is 0.422 e. The van der Waals surface area contributed by atoms with E-state index in [0.29, 0.717) is 5.56 Å². The molecule has 1 unspecified atom stereocenters. The first-order chi connectivity index (χ1) is 13.6. The number of carbonyl (C=O) groups is 2. The number of rotatable bonds is 7. The van der Waals surface area contributed by atoms with E-state index in [9.17, 15) is 22.8 Å². The van der Waals surface area contributed by atoms with Crippen molar-refractivity contribution >= 4 is 17.8 Å². The summed E-state index contributed by atoms with van der Waals surface area (Å²) in [6.45, 7) is 1.41. The molecule has 2 amide bonds. The van der Waals surface area contributed by atoms with Crippen molar-refractivity contribution in [3.8, 4) is 11.6 Å². The van der Waals surface area contributed by atoms with Gasteiger partial charge in [-0.1, -0.05) is 0 Å². The molecule has 0 saturated carbocycles. The van der Waals surface area contributed by atoms with E-state index in [4.69, 9.17) is 4.74 Å². The largest absolute Gasteiger partial charge is 0.491 e. The molecule has 0 aliphatic carbocycles. The molecule has 0 fully saturated rings. The standard InChI is InChI=1S/C17H18F3N5O4/c1-9(23-14(27)12-4-5-21-16(25-12)24-10(2)26)11-6-13(28-3)15(22-7-11)29-8-17(18,19)20/h4-7,9H,8H2,1-3H3,(H,23,27)(H,21,24,25,26). The Kier molecular flexibility index (Phi) is 6.91. The zero-order chi connectivity index (χ0) is 21.6. The number of hydrogen-bond acceptors (Lipinski definition) is 7. The van der Waals surface area contributed by atoms with Gasteiger partial charge in [-0.2, -0.15) is 13.2 Å². The van der Waals surface area contributed by atoms with Crippen LogP contribution in [-0.4, -0.2) is 46.7 Å². The van der Waals surface area contributed by atoms with Gasteiger partial charge in [0.1, 0.15) is 5.69 Å². The molecule has 0 radical (unpaired) electrons. The molecule has 2 heterocycles. The van der Waals surface area contributed by atoms with Gasteiger partial charge in [-0.3, -0.25) is 14.9 Å². The highest BCUT2D eigenvalue weighted by atomic mass is 19.4. The van der Waals surface area contributed by atoms with E-state index in [1.54, 1.807) is 6.92 Å². The number of ether oxygens (including phenoxy) is 2. The van der Waals surface area contributed by atoms with Crippen molar-refractivity contribution < 1.29 is 32.2 Å². The van der Waals surface area contributed by atoms with Gasteiger partial charge >= 0.3 is 6.18 Å². The van der Waals surface area contributed by atoms with Gasteiger partial charge in [-0.25, -0.2) is 15.0 Å². The highest BCUT2D eigenvalue weighted by Gasteiger charge is 2.29. The summed E-state index contributed by atoms with van der Waals surface area (Å²) in [6, 6.07) is 2.19. The zero-order valence-electron chi connectivity index (χ0n) is 15.7. The number of carbonyl (C=O) groups excluding carboxylic acids is 2. The molecule has 0 bridgehead atoms. The minimum absolute atomic E-state index is 0.0113. The highest BCUT2D eigenvalue weighted by Crippen LogP contribution is 2.29. The monoisotopic (exact) mass is 413 g/mol. The number of anilines is 1. The average Bonchev–Trinajstić information content (AvgIpc) is 2.65. The Labute approximate surface area is 163 Å². The average molecular weight is 413 g/mol. The molecular weight excluding hydrogens is 395 g/mol. The number of nitrogens with zero attached hydrogens (tertiary/aromatic N) is 3. The van der Waals surface area contributed by atoms with Gasteiger partial charge < -0.3 is 14.8 Å². The third kappa shape index (κ3) is 6.59. The first kappa shape index (κ1) is 21.9. The smallest absolute Gasteiger partial charge is 0.422 e. The number of alkyl halides is 3. The summed E-state index contributed by atoms with van der Waals surface area (Å²) in [6.07, 6.45) is -1.93. The molecule has 2 aromatic rings. The Bertz CT molecular complexity index is 892. The van der Waals surface area contributed by atoms with E-state index in [1.165, 1.54) is 38.6 Å². The molecule has 0 spiro atoms. The summed E-state index contributed by atoms with van der Waals surface area (Å²) in [7, 11) is 1.26. The van der Waals surface area contributed by atoms with Crippen LogP contribution in [0.15, 0.2) is 24.5 Å². The topological polar surface area (TPSA) is 115 Å². The zero-order valence-corrected chi connectivity index (χ0v) is 15.7. The Balaban J connectivity index is 2.11. The van der Waals surface area contributed by atoms with Gasteiger partial charge in [0, 0.05) is 19.3 Å². The second kappa shape index (κ2) is 9.17. The maximum atomic E-state index is 12.4. The predicted molar refractivity (Wildman–Crippen MR) is 94.6 cm³/mol. The summed E-state index contributed by atoms with van der Waals surface area (Å²) < 4.78 is 46.6. The van der Waals surface area contributed by atoms with Gasteiger partial charge in [-0.15, -0.1) is 0 Å². The van der Waals surface area contributed by atoms with E-state index in [-0.39, 0.29) is 29.2 Å². The molecule has 0 aromatic carbocycles. The Hall–Kier alpha value is -3.44. The van der Waals surface area contributed by atoms with E-state index in [1.807, 2.05) is 0 Å². The lowest BCUT2D eigenvalue weighted by atomic mass is 10.1. The van der Waals surface area contributed by atoms with Crippen molar-refractivity contribution in [2.75, 3.05) is 19.0 Å². The van der Waals surface area contributed by atoms with Crippen LogP contribution in [0.2, 0.25) is 0 Å². The van der Waals surface area contributed by atoms with Crippen LogP contribution < -0.4 is 20.1 Å². The third-order valence-electron chi connectivity index (χ3n) is 3.46. The molecule has 2 N–H and O–H groups in total. The van der Waals surface area contributed by atoms with Crippen LogP contribution in [-0.2, 0) is 4.79 Å². The molecule has 0 aliphatic heterocycles. The molecular formula is C17H18F3N5O4. The second-order valence-electron chi connectivity index (χ2n) is 5.82. The minimum atomic E-state index is -4.51. The number of hydrogen-bond donors (Lipinski definition) is 2. The van der Waals surface area contributed by atoms with Gasteiger partial charge in [0.2, 0.25) is 11.9 Å².